The lowest BCUT2D eigenvalue weighted by molar-refractivity contribution is -0.898. The van der Waals surface area contributed by atoms with Gasteiger partial charge >= 0.3 is 0 Å². The molecular weight excluding hydrogens is 264 g/mol. The zero-order valence-corrected chi connectivity index (χ0v) is 13.6. The fourth-order valence-electron chi connectivity index (χ4n) is 5.16. The third-order valence-corrected chi connectivity index (χ3v) is 6.22. The highest BCUT2D eigenvalue weighted by Crippen LogP contribution is 2.45. The van der Waals surface area contributed by atoms with Crippen molar-refractivity contribution in [2.24, 2.45) is 17.8 Å². The number of hydrogen-bond donors (Lipinski definition) is 0. The molecule has 0 aromatic carbocycles. The second-order valence-corrected chi connectivity index (χ2v) is 7.94. The summed E-state index contributed by atoms with van der Waals surface area (Å²) in [5, 5.41) is 24.8. The van der Waals surface area contributed by atoms with E-state index in [4.69, 9.17) is 0 Å². The summed E-state index contributed by atoms with van der Waals surface area (Å²) in [6.07, 6.45) is 8.68. The van der Waals surface area contributed by atoms with E-state index in [2.05, 4.69) is 6.92 Å². The van der Waals surface area contributed by atoms with Crippen molar-refractivity contribution in [1.29, 1.82) is 0 Å². The van der Waals surface area contributed by atoms with Gasteiger partial charge in [0.15, 0.2) is 12.3 Å². The number of piperidine rings is 1. The van der Waals surface area contributed by atoms with Gasteiger partial charge < -0.3 is 15.1 Å². The van der Waals surface area contributed by atoms with Crippen molar-refractivity contribution >= 4 is 5.71 Å². The molecule has 0 N–H and O–H groups in total. The van der Waals surface area contributed by atoms with Gasteiger partial charge in [-0.1, -0.05) is 6.92 Å². The van der Waals surface area contributed by atoms with Crippen molar-refractivity contribution < 1.29 is 9.39 Å². The van der Waals surface area contributed by atoms with Gasteiger partial charge in [0.2, 0.25) is 0 Å². The molecule has 4 heteroatoms. The molecule has 2 aliphatic heterocycles. The molecule has 2 fully saturated rings. The van der Waals surface area contributed by atoms with Crippen LogP contribution in [0.15, 0.2) is 0 Å². The quantitative estimate of drug-likeness (QED) is 0.446. The van der Waals surface area contributed by atoms with Gasteiger partial charge in [-0.2, -0.15) is 0 Å². The fourth-order valence-corrected chi connectivity index (χ4v) is 5.16. The third-order valence-electron chi connectivity index (χ3n) is 6.22. The minimum absolute atomic E-state index is 0.0398. The fraction of sp³-hybridized carbons (Fsp3) is 0.941. The molecule has 1 saturated carbocycles. The van der Waals surface area contributed by atoms with Gasteiger partial charge in [0, 0.05) is 31.6 Å². The lowest BCUT2D eigenvalue weighted by Gasteiger charge is -2.56. The van der Waals surface area contributed by atoms with Crippen molar-refractivity contribution in [2.45, 2.75) is 64.3 Å². The lowest BCUT2D eigenvalue weighted by atomic mass is 9.66. The van der Waals surface area contributed by atoms with Gasteiger partial charge in [-0.05, 0) is 37.5 Å². The van der Waals surface area contributed by atoms with Crippen LogP contribution in [-0.2, 0) is 0 Å². The van der Waals surface area contributed by atoms with Crippen LogP contribution in [0.4, 0.5) is 0 Å². The van der Waals surface area contributed by atoms with E-state index in [1.165, 1.54) is 24.0 Å². The van der Waals surface area contributed by atoms with Gasteiger partial charge in [-0.15, -0.1) is 0 Å². The number of rotatable bonds is 2. The number of hydrogen-bond acceptors (Lipinski definition) is 2. The summed E-state index contributed by atoms with van der Waals surface area (Å²) in [6.45, 7) is 3.75. The molecule has 1 aliphatic carbocycles. The highest BCUT2D eigenvalue weighted by Gasteiger charge is 2.46. The molecule has 0 amide bonds. The van der Waals surface area contributed by atoms with Crippen LogP contribution in [0.1, 0.15) is 58.3 Å². The third kappa shape index (κ3) is 3.11. The molecule has 0 spiro atoms. The van der Waals surface area contributed by atoms with Crippen LogP contribution in [0.3, 0.4) is 0 Å². The molecule has 1 saturated heterocycles. The lowest BCUT2D eigenvalue weighted by Crippen LogP contribution is -2.58. The van der Waals surface area contributed by atoms with Gasteiger partial charge in [-0.25, -0.2) is 4.74 Å². The number of fused-ring (bicyclic) bond motifs is 1. The second kappa shape index (κ2) is 5.88. The average Bonchev–Trinajstić information content (AvgIpc) is 2.42. The molecule has 0 aromatic heterocycles. The summed E-state index contributed by atoms with van der Waals surface area (Å²) < 4.78 is 1.22. The van der Waals surface area contributed by atoms with Crippen LogP contribution in [0, 0.1) is 28.2 Å². The maximum Gasteiger partial charge on any atom is 0.163 e. The minimum Gasteiger partial charge on any atom is -0.633 e. The molecule has 4 nitrogen and oxygen atoms in total. The van der Waals surface area contributed by atoms with Crippen LogP contribution in [0.5, 0.6) is 0 Å². The zero-order chi connectivity index (χ0) is 15.0. The van der Waals surface area contributed by atoms with E-state index in [-0.39, 0.29) is 10.7 Å². The smallest absolute Gasteiger partial charge is 0.163 e. The monoisotopic (exact) mass is 294 g/mol. The van der Waals surface area contributed by atoms with E-state index in [1.807, 2.05) is 7.05 Å². The Morgan fingerprint density at radius 2 is 2.05 bits per heavy atom. The molecule has 2 heterocycles. The van der Waals surface area contributed by atoms with Crippen molar-refractivity contribution in [1.82, 2.24) is 0 Å². The first-order valence-corrected chi connectivity index (χ1v) is 8.83. The number of quaternary nitrogens is 1. The Morgan fingerprint density at radius 1 is 1.24 bits per heavy atom. The first-order chi connectivity index (χ1) is 9.97. The second-order valence-electron chi connectivity index (χ2n) is 7.94. The SMILES string of the molecule is C[C@H]1CC(CC2=[N+]([O-])CCCC2)[C@H]2CCC[N+](C)([O-])[C@H]2C1. The van der Waals surface area contributed by atoms with Gasteiger partial charge in [0.25, 0.3) is 0 Å². The number of hydroxylamine groups is 4. The van der Waals surface area contributed by atoms with E-state index in [1.54, 1.807) is 0 Å². The van der Waals surface area contributed by atoms with Crippen molar-refractivity contribution in [3.8, 4) is 0 Å². The average molecular weight is 294 g/mol. The van der Waals surface area contributed by atoms with Crippen LogP contribution in [-0.4, -0.2) is 41.3 Å². The molecule has 5 atom stereocenters. The highest BCUT2D eigenvalue weighted by molar-refractivity contribution is 5.80. The molecule has 2 unspecified atom stereocenters. The molecular formula is C17H30N2O2. The number of nitrogens with zero attached hydrogens (tertiary/aromatic N) is 2. The Balaban J connectivity index is 1.77. The summed E-state index contributed by atoms with van der Waals surface area (Å²) in [5.74, 6) is 1.74. The van der Waals surface area contributed by atoms with Crippen molar-refractivity contribution in [3.63, 3.8) is 0 Å². The summed E-state index contributed by atoms with van der Waals surface area (Å²) in [6, 6.07) is 0.275. The molecule has 120 valence electrons. The van der Waals surface area contributed by atoms with Gasteiger partial charge in [0.05, 0.1) is 19.6 Å². The summed E-state index contributed by atoms with van der Waals surface area (Å²) in [7, 11) is 1.87. The zero-order valence-electron chi connectivity index (χ0n) is 13.6. The molecule has 0 radical (unpaired) electrons. The number of likely N-dealkylation sites (tertiary alicyclic amines) is 1. The molecule has 0 bridgehead atoms. The highest BCUT2D eigenvalue weighted by atomic mass is 16.5. The maximum absolute atomic E-state index is 12.8. The van der Waals surface area contributed by atoms with Crippen molar-refractivity contribution in [3.05, 3.63) is 10.4 Å². The summed E-state index contributed by atoms with van der Waals surface area (Å²) >= 11 is 0. The predicted molar refractivity (Wildman–Crippen MR) is 84.8 cm³/mol. The minimum atomic E-state index is -0.0398. The topological polar surface area (TPSA) is 49.1 Å². The summed E-state index contributed by atoms with van der Waals surface area (Å²) in [4.78, 5) is 0. The van der Waals surface area contributed by atoms with Crippen LogP contribution in [0.25, 0.3) is 0 Å². The molecule has 21 heavy (non-hydrogen) atoms. The van der Waals surface area contributed by atoms with E-state index in [9.17, 15) is 10.4 Å². The molecule has 0 aromatic rings. The Bertz CT molecular complexity index is 419. The molecule has 3 aliphatic rings. The predicted octanol–water partition coefficient (Wildman–Crippen LogP) is 3.28. The van der Waals surface area contributed by atoms with E-state index in [0.717, 1.165) is 44.4 Å². The van der Waals surface area contributed by atoms with E-state index >= 15 is 0 Å². The maximum atomic E-state index is 12.8. The van der Waals surface area contributed by atoms with Gasteiger partial charge in [-0.3, -0.25) is 0 Å². The Morgan fingerprint density at radius 3 is 2.81 bits per heavy atom. The van der Waals surface area contributed by atoms with Crippen molar-refractivity contribution in [2.75, 3.05) is 20.1 Å². The van der Waals surface area contributed by atoms with Crippen LogP contribution < -0.4 is 0 Å². The normalized spacial score (nSPS) is 44.5. The van der Waals surface area contributed by atoms with E-state index < -0.39 is 0 Å². The first-order valence-electron chi connectivity index (χ1n) is 8.83. The van der Waals surface area contributed by atoms with Crippen LogP contribution >= 0.6 is 0 Å². The van der Waals surface area contributed by atoms with Crippen LogP contribution in [0.2, 0.25) is 0 Å². The first kappa shape index (κ1) is 15.3. The Kier molecular flexibility index (Phi) is 4.28. The Hall–Kier alpha value is -0.610. The molecule has 3 rings (SSSR count). The Labute approximate surface area is 128 Å². The van der Waals surface area contributed by atoms with E-state index in [0.29, 0.717) is 24.3 Å². The largest absolute Gasteiger partial charge is 0.633 e. The van der Waals surface area contributed by atoms with Gasteiger partial charge in [0.1, 0.15) is 0 Å². The standard InChI is InChI=1S/C17H30N2O2/c1-13-10-14(12-15-6-3-4-8-18(15)20)16-7-5-9-19(2,21)17(16)11-13/h13-14,16-17H,3-12H2,1-2H3/t13-,14?,16+,17-,19?/m0/s1. The summed E-state index contributed by atoms with van der Waals surface area (Å²) in [5.41, 5.74) is 1.12.